The number of rotatable bonds is 3. The summed E-state index contributed by atoms with van der Waals surface area (Å²) < 4.78 is 25.1. The highest BCUT2D eigenvalue weighted by Crippen LogP contribution is 2.39. The van der Waals surface area contributed by atoms with E-state index in [4.69, 9.17) is 0 Å². The first-order valence-corrected chi connectivity index (χ1v) is 10.7. The fourth-order valence-electron chi connectivity index (χ4n) is 3.59. The number of nitrogens with one attached hydrogen (secondary N) is 1. The van der Waals surface area contributed by atoms with E-state index in [1.54, 1.807) is 22.0 Å². The Kier molecular flexibility index (Phi) is 3.78. The quantitative estimate of drug-likeness (QED) is 0.915. The molecule has 0 radical (unpaired) electrons. The number of hydrogen-bond acceptors (Lipinski definition) is 6. The van der Waals surface area contributed by atoms with Crippen LogP contribution in [0.1, 0.15) is 29.7 Å². The molecule has 0 amide bonds. The Morgan fingerprint density at radius 2 is 2.17 bits per heavy atom. The van der Waals surface area contributed by atoms with Crippen LogP contribution in [0.15, 0.2) is 6.33 Å². The first-order valence-electron chi connectivity index (χ1n) is 7.99. The van der Waals surface area contributed by atoms with Gasteiger partial charge in [-0.05, 0) is 37.7 Å². The van der Waals surface area contributed by atoms with Crippen molar-refractivity contribution in [2.45, 2.75) is 38.1 Å². The van der Waals surface area contributed by atoms with Crippen LogP contribution in [0.25, 0.3) is 10.2 Å². The van der Waals surface area contributed by atoms with Gasteiger partial charge in [0.15, 0.2) is 0 Å². The molecule has 1 saturated heterocycles. The molecule has 1 fully saturated rings. The molecule has 1 atom stereocenters. The summed E-state index contributed by atoms with van der Waals surface area (Å²) >= 11 is 1.77. The van der Waals surface area contributed by atoms with Crippen LogP contribution >= 0.6 is 11.3 Å². The van der Waals surface area contributed by atoms with Crippen molar-refractivity contribution in [2.24, 2.45) is 0 Å². The van der Waals surface area contributed by atoms with Crippen molar-refractivity contribution >= 4 is 37.4 Å². The van der Waals surface area contributed by atoms with Crippen LogP contribution in [-0.2, 0) is 22.9 Å². The van der Waals surface area contributed by atoms with Crippen molar-refractivity contribution in [3.8, 4) is 0 Å². The highest BCUT2D eigenvalue weighted by Gasteiger charge is 2.27. The summed E-state index contributed by atoms with van der Waals surface area (Å²) in [6, 6.07) is 0.105. The molecule has 3 heterocycles. The van der Waals surface area contributed by atoms with Gasteiger partial charge in [0.25, 0.3) is 0 Å². The summed E-state index contributed by atoms with van der Waals surface area (Å²) in [5.74, 6) is 0.870. The molecule has 4 rings (SSSR count). The molecule has 124 valence electrons. The Labute approximate surface area is 140 Å². The van der Waals surface area contributed by atoms with Crippen molar-refractivity contribution < 1.29 is 8.42 Å². The predicted octanol–water partition coefficient (Wildman–Crippen LogP) is 2.02. The molecule has 8 heteroatoms. The van der Waals surface area contributed by atoms with Crippen molar-refractivity contribution in [1.29, 1.82) is 0 Å². The second kappa shape index (κ2) is 5.68. The zero-order valence-corrected chi connectivity index (χ0v) is 14.7. The minimum atomic E-state index is -3.13. The molecule has 0 saturated carbocycles. The van der Waals surface area contributed by atoms with Gasteiger partial charge in [-0.2, -0.15) is 0 Å². The minimum Gasteiger partial charge on any atom is -0.365 e. The molecule has 1 unspecified atom stereocenters. The minimum absolute atomic E-state index is 0.105. The van der Waals surface area contributed by atoms with Crippen molar-refractivity contribution in [3.05, 3.63) is 16.8 Å². The Balaban J connectivity index is 1.63. The maximum atomic E-state index is 11.8. The van der Waals surface area contributed by atoms with Crippen LogP contribution in [0.5, 0.6) is 0 Å². The Morgan fingerprint density at radius 3 is 3.00 bits per heavy atom. The average Bonchev–Trinajstić information content (AvgIpc) is 3.07. The van der Waals surface area contributed by atoms with Gasteiger partial charge in [-0.1, -0.05) is 0 Å². The molecular formula is C15H20N4O2S2. The van der Waals surface area contributed by atoms with Gasteiger partial charge in [0, 0.05) is 24.0 Å². The first-order chi connectivity index (χ1) is 11.0. The molecule has 2 aliphatic rings. The number of nitrogens with zero attached hydrogens (tertiary/aromatic N) is 3. The van der Waals surface area contributed by atoms with Crippen molar-refractivity contribution in [2.75, 3.05) is 24.7 Å². The molecule has 1 N–H and O–H groups in total. The standard InChI is InChI=1S/C15H20N4O2S2/c1-23(20,21)19-7-3-4-10(8-19)18-14-13-11-5-2-6-12(11)22-15(13)17-9-16-14/h9-10H,2-8H2,1H3,(H,16,17,18). The van der Waals surface area contributed by atoms with Gasteiger partial charge in [-0.15, -0.1) is 11.3 Å². The number of aryl methyl sites for hydroxylation is 2. The van der Waals surface area contributed by atoms with Gasteiger partial charge >= 0.3 is 0 Å². The first kappa shape index (κ1) is 15.3. The number of fused-ring (bicyclic) bond motifs is 3. The van der Waals surface area contributed by atoms with E-state index in [1.807, 2.05) is 0 Å². The zero-order valence-electron chi connectivity index (χ0n) is 13.1. The van der Waals surface area contributed by atoms with E-state index in [-0.39, 0.29) is 6.04 Å². The van der Waals surface area contributed by atoms with Gasteiger partial charge in [0.1, 0.15) is 17.0 Å². The molecule has 0 aromatic carbocycles. The van der Waals surface area contributed by atoms with E-state index < -0.39 is 10.0 Å². The van der Waals surface area contributed by atoms with Gasteiger partial charge in [0.2, 0.25) is 10.0 Å². The van der Waals surface area contributed by atoms with E-state index in [1.165, 1.54) is 23.1 Å². The lowest BCUT2D eigenvalue weighted by Crippen LogP contribution is -2.44. The smallest absolute Gasteiger partial charge is 0.211 e. The van der Waals surface area contributed by atoms with E-state index in [9.17, 15) is 8.42 Å². The Morgan fingerprint density at radius 1 is 1.30 bits per heavy atom. The van der Waals surface area contributed by atoms with Gasteiger partial charge < -0.3 is 5.32 Å². The Bertz CT molecular complexity index is 847. The third-order valence-electron chi connectivity index (χ3n) is 4.70. The predicted molar refractivity (Wildman–Crippen MR) is 92.5 cm³/mol. The summed E-state index contributed by atoms with van der Waals surface area (Å²) in [6.07, 6.45) is 8.16. The molecule has 2 aromatic rings. The highest BCUT2D eigenvalue weighted by molar-refractivity contribution is 7.88. The average molecular weight is 352 g/mol. The summed E-state index contributed by atoms with van der Waals surface area (Å²) in [4.78, 5) is 11.3. The third-order valence-corrected chi connectivity index (χ3v) is 7.16. The number of hydrogen-bond donors (Lipinski definition) is 1. The number of sulfonamides is 1. The third kappa shape index (κ3) is 2.83. The summed E-state index contributed by atoms with van der Waals surface area (Å²) in [6.45, 7) is 1.13. The number of piperidine rings is 1. The van der Waals surface area contributed by atoms with Gasteiger partial charge in [-0.3, -0.25) is 0 Å². The summed E-state index contributed by atoms with van der Waals surface area (Å²) in [7, 11) is -3.13. The van der Waals surface area contributed by atoms with Gasteiger partial charge in [-0.25, -0.2) is 22.7 Å². The summed E-state index contributed by atoms with van der Waals surface area (Å²) in [5.41, 5.74) is 1.39. The van der Waals surface area contributed by atoms with E-state index in [2.05, 4.69) is 15.3 Å². The second-order valence-electron chi connectivity index (χ2n) is 6.36. The van der Waals surface area contributed by atoms with E-state index >= 15 is 0 Å². The van der Waals surface area contributed by atoms with Crippen LogP contribution < -0.4 is 5.32 Å². The normalized spacial score (nSPS) is 22.4. The largest absolute Gasteiger partial charge is 0.365 e. The van der Waals surface area contributed by atoms with Crippen LogP contribution in [0.4, 0.5) is 5.82 Å². The van der Waals surface area contributed by atoms with E-state index in [0.29, 0.717) is 13.1 Å². The van der Waals surface area contributed by atoms with Crippen molar-refractivity contribution in [3.63, 3.8) is 0 Å². The summed E-state index contributed by atoms with van der Waals surface area (Å²) in [5, 5.41) is 4.65. The number of anilines is 1. The van der Waals surface area contributed by atoms with Crippen LogP contribution in [0, 0.1) is 0 Å². The van der Waals surface area contributed by atoms with Crippen LogP contribution in [-0.4, -0.2) is 48.1 Å². The molecule has 2 aromatic heterocycles. The monoisotopic (exact) mass is 352 g/mol. The Hall–Kier alpha value is -1.25. The molecule has 1 aliphatic carbocycles. The number of thiophene rings is 1. The maximum absolute atomic E-state index is 11.8. The lowest BCUT2D eigenvalue weighted by Gasteiger charge is -2.31. The molecule has 1 aliphatic heterocycles. The van der Waals surface area contributed by atoms with Crippen LogP contribution in [0.3, 0.4) is 0 Å². The molecule has 0 spiro atoms. The lowest BCUT2D eigenvalue weighted by molar-refractivity contribution is 0.329. The molecular weight excluding hydrogens is 332 g/mol. The zero-order chi connectivity index (χ0) is 16.0. The number of aromatic nitrogens is 2. The molecule has 6 nitrogen and oxygen atoms in total. The topological polar surface area (TPSA) is 75.2 Å². The second-order valence-corrected chi connectivity index (χ2v) is 9.43. The van der Waals surface area contributed by atoms with E-state index in [0.717, 1.165) is 41.7 Å². The lowest BCUT2D eigenvalue weighted by atomic mass is 10.1. The van der Waals surface area contributed by atoms with Crippen LogP contribution in [0.2, 0.25) is 0 Å². The molecule has 0 bridgehead atoms. The fraction of sp³-hybridized carbons (Fsp3) is 0.600. The fourth-order valence-corrected chi connectivity index (χ4v) is 5.73. The van der Waals surface area contributed by atoms with Gasteiger partial charge in [0.05, 0.1) is 11.6 Å². The highest BCUT2D eigenvalue weighted by atomic mass is 32.2. The SMILES string of the molecule is CS(=O)(=O)N1CCCC(Nc2ncnc3sc4c(c23)CCC4)C1. The molecule has 23 heavy (non-hydrogen) atoms. The maximum Gasteiger partial charge on any atom is 0.211 e. The van der Waals surface area contributed by atoms with Crippen molar-refractivity contribution in [1.82, 2.24) is 14.3 Å².